The number of aliphatic hydroxyl groups excluding tert-OH is 1. The van der Waals surface area contributed by atoms with Crippen LogP contribution in [0.15, 0.2) is 35.1 Å². The van der Waals surface area contributed by atoms with E-state index >= 15 is 0 Å². The van der Waals surface area contributed by atoms with Gasteiger partial charge in [-0.15, -0.1) is 0 Å². The smallest absolute Gasteiger partial charge is 0.252 e. The Balaban J connectivity index is 1.81. The number of hydrogen-bond donors (Lipinski definition) is 3. The van der Waals surface area contributed by atoms with Gasteiger partial charge in [0, 0.05) is 23.2 Å². The van der Waals surface area contributed by atoms with E-state index < -0.39 is 0 Å². The largest absolute Gasteiger partial charge is 0.394 e. The van der Waals surface area contributed by atoms with Gasteiger partial charge in [-0.25, -0.2) is 0 Å². The zero-order valence-electron chi connectivity index (χ0n) is 12.2. The lowest BCUT2D eigenvalue weighted by Gasteiger charge is -2.36. The van der Waals surface area contributed by atoms with Crippen LogP contribution in [0.25, 0.3) is 10.9 Å². The average molecular weight is 286 g/mol. The number of aromatic nitrogens is 1. The fourth-order valence-electron chi connectivity index (χ4n) is 3.23. The fraction of sp³-hybridized carbons (Fsp3) is 0.471. The summed E-state index contributed by atoms with van der Waals surface area (Å²) in [5, 5.41) is 14.2. The molecule has 1 aromatic carbocycles. The van der Waals surface area contributed by atoms with Gasteiger partial charge in [-0.3, -0.25) is 4.79 Å². The SMILES string of the molecule is O=c1[nH]c2ccccc2cc1CNC1(CO)CCCCC1. The fourth-order valence-corrected chi connectivity index (χ4v) is 3.23. The first-order chi connectivity index (χ1) is 10.2. The molecule has 1 aliphatic rings. The van der Waals surface area contributed by atoms with Crippen molar-refractivity contribution >= 4 is 10.9 Å². The van der Waals surface area contributed by atoms with Crippen molar-refractivity contribution in [2.24, 2.45) is 0 Å². The average Bonchev–Trinajstić information content (AvgIpc) is 2.54. The summed E-state index contributed by atoms with van der Waals surface area (Å²) in [7, 11) is 0. The summed E-state index contributed by atoms with van der Waals surface area (Å²) in [6.45, 7) is 0.638. The van der Waals surface area contributed by atoms with Crippen LogP contribution in [0.1, 0.15) is 37.7 Å². The van der Waals surface area contributed by atoms with Gasteiger partial charge in [0.25, 0.3) is 5.56 Å². The number of rotatable bonds is 4. The maximum Gasteiger partial charge on any atom is 0.252 e. The molecule has 3 rings (SSSR count). The van der Waals surface area contributed by atoms with Crippen molar-refractivity contribution in [1.82, 2.24) is 10.3 Å². The molecule has 0 aliphatic heterocycles. The molecule has 0 amide bonds. The monoisotopic (exact) mass is 286 g/mol. The number of fused-ring (bicyclic) bond motifs is 1. The molecule has 0 unspecified atom stereocenters. The van der Waals surface area contributed by atoms with Crippen molar-refractivity contribution in [1.29, 1.82) is 0 Å². The van der Waals surface area contributed by atoms with Crippen molar-refractivity contribution in [3.63, 3.8) is 0 Å². The standard InChI is InChI=1S/C17H22N2O2/c20-12-17(8-4-1-5-9-17)18-11-14-10-13-6-2-3-7-15(13)19-16(14)21/h2-3,6-7,10,18,20H,1,4-5,8-9,11-12H2,(H,19,21). The Morgan fingerprint density at radius 3 is 2.71 bits per heavy atom. The Kier molecular flexibility index (Phi) is 4.08. The number of nitrogens with one attached hydrogen (secondary N) is 2. The van der Waals surface area contributed by atoms with Crippen molar-refractivity contribution in [3.8, 4) is 0 Å². The third-order valence-electron chi connectivity index (χ3n) is 4.60. The number of para-hydroxylation sites is 1. The van der Waals surface area contributed by atoms with Gasteiger partial charge < -0.3 is 15.4 Å². The predicted molar refractivity (Wildman–Crippen MR) is 84.3 cm³/mol. The van der Waals surface area contributed by atoms with Gasteiger partial charge in [0.2, 0.25) is 0 Å². The maximum absolute atomic E-state index is 12.1. The molecule has 0 spiro atoms. The Bertz CT molecular complexity index is 672. The van der Waals surface area contributed by atoms with Crippen LogP contribution >= 0.6 is 0 Å². The molecule has 1 saturated carbocycles. The van der Waals surface area contributed by atoms with E-state index in [2.05, 4.69) is 10.3 Å². The van der Waals surface area contributed by atoms with E-state index in [4.69, 9.17) is 0 Å². The van der Waals surface area contributed by atoms with Crippen LogP contribution in [-0.2, 0) is 6.54 Å². The van der Waals surface area contributed by atoms with Crippen LogP contribution in [0.5, 0.6) is 0 Å². The Morgan fingerprint density at radius 1 is 1.19 bits per heavy atom. The van der Waals surface area contributed by atoms with E-state index in [1.54, 1.807) is 0 Å². The second-order valence-corrected chi connectivity index (χ2v) is 6.06. The summed E-state index contributed by atoms with van der Waals surface area (Å²) >= 11 is 0. The molecule has 4 heteroatoms. The molecule has 112 valence electrons. The van der Waals surface area contributed by atoms with Crippen LogP contribution < -0.4 is 10.9 Å². The summed E-state index contributed by atoms with van der Waals surface area (Å²) in [5.74, 6) is 0. The summed E-state index contributed by atoms with van der Waals surface area (Å²) in [6.07, 6.45) is 5.48. The third kappa shape index (κ3) is 3.01. The molecule has 1 aliphatic carbocycles. The molecular weight excluding hydrogens is 264 g/mol. The van der Waals surface area contributed by atoms with E-state index in [-0.39, 0.29) is 17.7 Å². The van der Waals surface area contributed by atoms with Crippen LogP contribution in [0, 0.1) is 0 Å². The van der Waals surface area contributed by atoms with Crippen LogP contribution in [0.2, 0.25) is 0 Å². The molecule has 4 nitrogen and oxygen atoms in total. The van der Waals surface area contributed by atoms with Gasteiger partial charge in [-0.1, -0.05) is 37.5 Å². The zero-order valence-corrected chi connectivity index (χ0v) is 12.2. The first-order valence-corrected chi connectivity index (χ1v) is 7.69. The first-order valence-electron chi connectivity index (χ1n) is 7.69. The minimum atomic E-state index is -0.212. The lowest BCUT2D eigenvalue weighted by atomic mass is 9.82. The van der Waals surface area contributed by atoms with E-state index in [0.29, 0.717) is 6.54 Å². The van der Waals surface area contributed by atoms with Gasteiger partial charge >= 0.3 is 0 Å². The van der Waals surface area contributed by atoms with Gasteiger partial charge in [-0.05, 0) is 30.4 Å². The van der Waals surface area contributed by atoms with Crippen molar-refractivity contribution < 1.29 is 5.11 Å². The number of benzene rings is 1. The van der Waals surface area contributed by atoms with Crippen LogP contribution in [0.4, 0.5) is 0 Å². The number of H-pyrrole nitrogens is 1. The molecule has 0 radical (unpaired) electrons. The molecular formula is C17H22N2O2. The highest BCUT2D eigenvalue weighted by molar-refractivity contribution is 5.78. The van der Waals surface area contributed by atoms with Gasteiger partial charge in [-0.2, -0.15) is 0 Å². The first kappa shape index (κ1) is 14.3. The van der Waals surface area contributed by atoms with E-state index in [1.165, 1.54) is 6.42 Å². The summed E-state index contributed by atoms with van der Waals surface area (Å²) < 4.78 is 0. The molecule has 0 bridgehead atoms. The Labute approximate surface area is 124 Å². The maximum atomic E-state index is 12.1. The summed E-state index contributed by atoms with van der Waals surface area (Å²) in [4.78, 5) is 15.1. The minimum Gasteiger partial charge on any atom is -0.394 e. The number of aromatic amines is 1. The molecule has 1 fully saturated rings. The van der Waals surface area contributed by atoms with E-state index in [9.17, 15) is 9.90 Å². The molecule has 1 heterocycles. The van der Waals surface area contributed by atoms with E-state index in [1.807, 2.05) is 30.3 Å². The number of aliphatic hydroxyl groups is 1. The molecule has 0 saturated heterocycles. The van der Waals surface area contributed by atoms with Crippen molar-refractivity contribution in [3.05, 3.63) is 46.2 Å². The molecule has 2 aromatic rings. The van der Waals surface area contributed by atoms with E-state index in [0.717, 1.165) is 42.1 Å². The molecule has 1 aromatic heterocycles. The Hall–Kier alpha value is -1.65. The lowest BCUT2D eigenvalue weighted by Crippen LogP contribution is -2.49. The second kappa shape index (κ2) is 6.00. The van der Waals surface area contributed by atoms with Crippen LogP contribution in [0.3, 0.4) is 0 Å². The second-order valence-electron chi connectivity index (χ2n) is 6.06. The topological polar surface area (TPSA) is 65.1 Å². The Morgan fingerprint density at radius 2 is 1.95 bits per heavy atom. The van der Waals surface area contributed by atoms with Crippen LogP contribution in [-0.4, -0.2) is 22.2 Å². The zero-order chi connectivity index (χ0) is 14.7. The number of pyridine rings is 1. The van der Waals surface area contributed by atoms with Crippen molar-refractivity contribution in [2.75, 3.05) is 6.61 Å². The van der Waals surface area contributed by atoms with Gasteiger partial charge in [0.1, 0.15) is 0 Å². The quantitative estimate of drug-likeness (QED) is 0.808. The normalized spacial score (nSPS) is 18.0. The molecule has 3 N–H and O–H groups in total. The predicted octanol–water partition coefficient (Wildman–Crippen LogP) is 2.31. The highest BCUT2D eigenvalue weighted by atomic mass is 16.3. The number of hydrogen-bond acceptors (Lipinski definition) is 3. The third-order valence-corrected chi connectivity index (χ3v) is 4.60. The minimum absolute atomic E-state index is 0.0508. The molecule has 0 atom stereocenters. The van der Waals surface area contributed by atoms with Gasteiger partial charge in [0.05, 0.1) is 6.61 Å². The highest BCUT2D eigenvalue weighted by Gasteiger charge is 2.30. The molecule has 21 heavy (non-hydrogen) atoms. The lowest BCUT2D eigenvalue weighted by molar-refractivity contribution is 0.119. The summed E-state index contributed by atoms with van der Waals surface area (Å²) in [5.41, 5.74) is 1.33. The van der Waals surface area contributed by atoms with Gasteiger partial charge in [0.15, 0.2) is 0 Å². The van der Waals surface area contributed by atoms with Crippen molar-refractivity contribution in [2.45, 2.75) is 44.2 Å². The summed E-state index contributed by atoms with van der Waals surface area (Å²) in [6, 6.07) is 9.73. The highest BCUT2D eigenvalue weighted by Crippen LogP contribution is 2.28.